The third-order valence-corrected chi connectivity index (χ3v) is 3.34. The molecule has 0 saturated carbocycles. The summed E-state index contributed by atoms with van der Waals surface area (Å²) in [5.74, 6) is 1.53. The zero-order valence-corrected chi connectivity index (χ0v) is 12.4. The third kappa shape index (κ3) is 3.58. The molecule has 0 radical (unpaired) electrons. The highest BCUT2D eigenvalue weighted by Gasteiger charge is 2.08. The Labute approximate surface area is 121 Å². The van der Waals surface area contributed by atoms with Gasteiger partial charge in [0.25, 0.3) is 0 Å². The molecule has 2 aromatic rings. The fourth-order valence-corrected chi connectivity index (χ4v) is 2.18. The first-order valence-electron chi connectivity index (χ1n) is 7.19. The predicted molar refractivity (Wildman–Crippen MR) is 82.2 cm³/mol. The van der Waals surface area contributed by atoms with Crippen LogP contribution < -0.4 is 10.1 Å². The van der Waals surface area contributed by atoms with Crippen molar-refractivity contribution in [2.24, 2.45) is 0 Å². The fourth-order valence-electron chi connectivity index (χ4n) is 2.18. The molecule has 0 spiro atoms. The minimum atomic E-state index is 0.298. The Bertz CT molecular complexity index is 554. The highest BCUT2D eigenvalue weighted by molar-refractivity contribution is 5.36. The van der Waals surface area contributed by atoms with Crippen molar-refractivity contribution >= 4 is 0 Å². The minimum absolute atomic E-state index is 0.298. The Morgan fingerprint density at radius 1 is 1.20 bits per heavy atom. The van der Waals surface area contributed by atoms with Crippen molar-refractivity contribution in [3.8, 4) is 11.6 Å². The first-order valence-corrected chi connectivity index (χ1v) is 7.19. The summed E-state index contributed by atoms with van der Waals surface area (Å²) in [6.07, 6.45) is 2.75. The second kappa shape index (κ2) is 7.06. The largest absolute Gasteiger partial charge is 0.439 e. The number of aromatic nitrogens is 1. The van der Waals surface area contributed by atoms with E-state index < -0.39 is 0 Å². The van der Waals surface area contributed by atoms with Gasteiger partial charge in [0.15, 0.2) is 0 Å². The number of benzene rings is 1. The number of pyridine rings is 1. The van der Waals surface area contributed by atoms with Gasteiger partial charge in [0.2, 0.25) is 5.88 Å². The van der Waals surface area contributed by atoms with Crippen molar-refractivity contribution in [3.63, 3.8) is 0 Å². The molecule has 1 unspecified atom stereocenters. The summed E-state index contributed by atoms with van der Waals surface area (Å²) in [5, 5.41) is 3.39. The monoisotopic (exact) mass is 270 g/mol. The standard InChI is InChI=1S/C17H22N2O/c1-4-14-8-6-7-9-16(14)20-17-12-15(10-11-19-17)13(3)18-5-2/h6-13,18H,4-5H2,1-3H3. The van der Waals surface area contributed by atoms with E-state index in [1.807, 2.05) is 30.3 Å². The second-order valence-electron chi connectivity index (χ2n) is 4.77. The molecule has 1 N–H and O–H groups in total. The van der Waals surface area contributed by atoms with Crippen LogP contribution in [0.4, 0.5) is 0 Å². The molecule has 20 heavy (non-hydrogen) atoms. The number of aryl methyl sites for hydroxylation is 1. The second-order valence-corrected chi connectivity index (χ2v) is 4.77. The molecule has 2 rings (SSSR count). The van der Waals surface area contributed by atoms with Crippen LogP contribution in [-0.2, 0) is 6.42 Å². The zero-order valence-electron chi connectivity index (χ0n) is 12.4. The quantitative estimate of drug-likeness (QED) is 0.857. The maximum absolute atomic E-state index is 5.93. The SMILES string of the molecule is CCNC(C)c1ccnc(Oc2ccccc2CC)c1. The number of rotatable bonds is 6. The summed E-state index contributed by atoms with van der Waals surface area (Å²) in [7, 11) is 0. The van der Waals surface area contributed by atoms with E-state index in [1.165, 1.54) is 11.1 Å². The number of hydrogen-bond acceptors (Lipinski definition) is 3. The van der Waals surface area contributed by atoms with Crippen LogP contribution >= 0.6 is 0 Å². The first-order chi connectivity index (χ1) is 9.74. The molecule has 0 aliphatic heterocycles. The average molecular weight is 270 g/mol. The molecule has 3 heteroatoms. The molecule has 1 aromatic carbocycles. The molecule has 0 fully saturated rings. The lowest BCUT2D eigenvalue weighted by Gasteiger charge is -2.14. The van der Waals surface area contributed by atoms with Crippen LogP contribution in [0.3, 0.4) is 0 Å². The fraction of sp³-hybridized carbons (Fsp3) is 0.353. The molecule has 106 valence electrons. The van der Waals surface area contributed by atoms with Gasteiger partial charge in [-0.05, 0) is 43.1 Å². The molecule has 1 aromatic heterocycles. The summed E-state index contributed by atoms with van der Waals surface area (Å²) in [6.45, 7) is 7.31. The molecule has 1 heterocycles. The van der Waals surface area contributed by atoms with Crippen molar-refractivity contribution in [1.82, 2.24) is 10.3 Å². The Morgan fingerprint density at radius 2 is 2.00 bits per heavy atom. The number of nitrogens with one attached hydrogen (secondary N) is 1. The number of hydrogen-bond donors (Lipinski definition) is 1. The van der Waals surface area contributed by atoms with Crippen molar-refractivity contribution in [1.29, 1.82) is 0 Å². The van der Waals surface area contributed by atoms with Gasteiger partial charge in [0.1, 0.15) is 5.75 Å². The van der Waals surface area contributed by atoms with Crippen LogP contribution in [0.15, 0.2) is 42.6 Å². The van der Waals surface area contributed by atoms with Crippen LogP contribution in [0.2, 0.25) is 0 Å². The van der Waals surface area contributed by atoms with Crippen LogP contribution in [0, 0.1) is 0 Å². The highest BCUT2D eigenvalue weighted by Crippen LogP contribution is 2.25. The topological polar surface area (TPSA) is 34.2 Å². The molecular weight excluding hydrogens is 248 g/mol. The van der Waals surface area contributed by atoms with Gasteiger partial charge in [-0.15, -0.1) is 0 Å². The van der Waals surface area contributed by atoms with Gasteiger partial charge < -0.3 is 10.1 Å². The summed E-state index contributed by atoms with van der Waals surface area (Å²) in [5.41, 5.74) is 2.38. The molecule has 1 atom stereocenters. The Kier molecular flexibility index (Phi) is 5.13. The van der Waals surface area contributed by atoms with E-state index in [9.17, 15) is 0 Å². The van der Waals surface area contributed by atoms with Gasteiger partial charge >= 0.3 is 0 Å². The van der Waals surface area contributed by atoms with Crippen molar-refractivity contribution in [2.45, 2.75) is 33.2 Å². The summed E-state index contributed by atoms with van der Waals surface area (Å²) in [4.78, 5) is 4.30. The van der Waals surface area contributed by atoms with E-state index in [1.54, 1.807) is 6.20 Å². The molecular formula is C17H22N2O. The van der Waals surface area contributed by atoms with Gasteiger partial charge in [-0.1, -0.05) is 32.0 Å². The van der Waals surface area contributed by atoms with Gasteiger partial charge in [-0.25, -0.2) is 4.98 Å². The molecule has 0 aliphatic carbocycles. The van der Waals surface area contributed by atoms with Crippen LogP contribution in [-0.4, -0.2) is 11.5 Å². The van der Waals surface area contributed by atoms with E-state index in [4.69, 9.17) is 4.74 Å². The lowest BCUT2D eigenvalue weighted by Crippen LogP contribution is -2.17. The Morgan fingerprint density at radius 3 is 2.75 bits per heavy atom. The molecule has 3 nitrogen and oxygen atoms in total. The van der Waals surface area contributed by atoms with Gasteiger partial charge in [-0.2, -0.15) is 0 Å². The lowest BCUT2D eigenvalue weighted by molar-refractivity contribution is 0.455. The van der Waals surface area contributed by atoms with E-state index in [0.29, 0.717) is 11.9 Å². The van der Waals surface area contributed by atoms with E-state index in [2.05, 4.69) is 37.1 Å². The van der Waals surface area contributed by atoms with Crippen LogP contribution in [0.5, 0.6) is 11.6 Å². The van der Waals surface area contributed by atoms with E-state index in [-0.39, 0.29) is 0 Å². The highest BCUT2D eigenvalue weighted by atomic mass is 16.5. The maximum Gasteiger partial charge on any atom is 0.219 e. The molecule has 0 bridgehead atoms. The van der Waals surface area contributed by atoms with Crippen molar-refractivity contribution < 1.29 is 4.74 Å². The Balaban J connectivity index is 2.19. The number of nitrogens with zero attached hydrogens (tertiary/aromatic N) is 1. The lowest BCUT2D eigenvalue weighted by atomic mass is 10.1. The number of para-hydroxylation sites is 1. The normalized spacial score (nSPS) is 12.2. The van der Waals surface area contributed by atoms with E-state index in [0.717, 1.165) is 18.7 Å². The first kappa shape index (κ1) is 14.5. The minimum Gasteiger partial charge on any atom is -0.439 e. The molecule has 0 amide bonds. The smallest absolute Gasteiger partial charge is 0.219 e. The van der Waals surface area contributed by atoms with Crippen LogP contribution in [0.1, 0.15) is 37.9 Å². The third-order valence-electron chi connectivity index (χ3n) is 3.34. The average Bonchev–Trinajstić information content (AvgIpc) is 2.48. The predicted octanol–water partition coefficient (Wildman–Crippen LogP) is 4.11. The zero-order chi connectivity index (χ0) is 14.4. The summed E-state index contributed by atoms with van der Waals surface area (Å²) in [6, 6.07) is 12.4. The molecule has 0 aliphatic rings. The summed E-state index contributed by atoms with van der Waals surface area (Å²) < 4.78 is 5.93. The maximum atomic E-state index is 5.93. The van der Waals surface area contributed by atoms with Gasteiger partial charge in [0, 0.05) is 18.3 Å². The van der Waals surface area contributed by atoms with E-state index >= 15 is 0 Å². The number of ether oxygens (including phenoxy) is 1. The molecule has 0 saturated heterocycles. The Hall–Kier alpha value is -1.87. The van der Waals surface area contributed by atoms with Crippen LogP contribution in [0.25, 0.3) is 0 Å². The van der Waals surface area contributed by atoms with Crippen molar-refractivity contribution in [2.75, 3.05) is 6.54 Å². The van der Waals surface area contributed by atoms with Gasteiger partial charge in [-0.3, -0.25) is 0 Å². The summed E-state index contributed by atoms with van der Waals surface area (Å²) >= 11 is 0. The van der Waals surface area contributed by atoms with Gasteiger partial charge in [0.05, 0.1) is 0 Å². The van der Waals surface area contributed by atoms with Crippen molar-refractivity contribution in [3.05, 3.63) is 53.7 Å².